The third kappa shape index (κ3) is 9.67. The third-order valence-electron chi connectivity index (χ3n) is 11.8. The fourth-order valence-electron chi connectivity index (χ4n) is 5.68. The molecule has 2 aromatic carbocycles. The summed E-state index contributed by atoms with van der Waals surface area (Å²) in [4.78, 5) is 23.5. The van der Waals surface area contributed by atoms with Gasteiger partial charge in [0.25, 0.3) is 0 Å². The van der Waals surface area contributed by atoms with Gasteiger partial charge in [0.05, 0.1) is 58.7 Å². The summed E-state index contributed by atoms with van der Waals surface area (Å²) in [5, 5.41) is 0. The van der Waals surface area contributed by atoms with Crippen LogP contribution in [-0.4, -0.2) is 80.9 Å². The summed E-state index contributed by atoms with van der Waals surface area (Å²) in [7, 11) is 1.43. The number of esters is 2. The molecule has 0 saturated carbocycles. The van der Waals surface area contributed by atoms with Crippen molar-refractivity contribution < 1.29 is 47.0 Å². The van der Waals surface area contributed by atoms with Crippen molar-refractivity contribution in [2.24, 2.45) is 0 Å². The van der Waals surface area contributed by atoms with Crippen molar-refractivity contribution in [3.05, 3.63) is 64.1 Å². The number of ether oxygens (including phenoxy) is 2. The van der Waals surface area contributed by atoms with Gasteiger partial charge in [0.1, 0.15) is 0 Å². The number of hydrogen-bond acceptors (Lipinski definition) is 10. The third-order valence-corrected chi connectivity index (χ3v) is 12.3. The lowest BCUT2D eigenvalue weighted by Gasteiger charge is -2.32. The first kappa shape index (κ1) is 46.2. The molecular formula is C40H62B3BrO10. The van der Waals surface area contributed by atoms with Crippen molar-refractivity contribution in [1.82, 2.24) is 0 Å². The molecule has 5 rings (SSSR count). The predicted molar refractivity (Wildman–Crippen MR) is 219 cm³/mol. The zero-order chi connectivity index (χ0) is 41.5. The largest absolute Gasteiger partial charge is 0.494 e. The topological polar surface area (TPSA) is 108 Å². The van der Waals surface area contributed by atoms with Crippen molar-refractivity contribution in [2.75, 3.05) is 14.2 Å². The highest BCUT2D eigenvalue weighted by molar-refractivity contribution is 9.10. The number of benzene rings is 2. The summed E-state index contributed by atoms with van der Waals surface area (Å²) >= 11 is 3.37. The average Bonchev–Trinajstić information content (AvgIpc) is 3.53. The van der Waals surface area contributed by atoms with Gasteiger partial charge < -0.3 is 37.4 Å². The summed E-state index contributed by atoms with van der Waals surface area (Å²) in [5.41, 5.74) is -0.784. The first-order chi connectivity index (χ1) is 24.4. The highest BCUT2D eigenvalue weighted by Crippen LogP contribution is 2.43. The van der Waals surface area contributed by atoms with Crippen LogP contribution >= 0.6 is 15.9 Å². The zero-order valence-corrected chi connectivity index (χ0v) is 37.4. The van der Waals surface area contributed by atoms with E-state index in [0.717, 1.165) is 21.1 Å². The number of rotatable bonds is 6. The Morgan fingerprint density at radius 3 is 1.19 bits per heavy atom. The molecule has 0 bridgehead atoms. The van der Waals surface area contributed by atoms with Crippen LogP contribution in [0.15, 0.2) is 53.0 Å². The number of halogens is 1. The second-order valence-corrected chi connectivity index (χ2v) is 19.1. The van der Waals surface area contributed by atoms with Gasteiger partial charge in [0.15, 0.2) is 0 Å². The molecule has 0 unspecified atom stereocenters. The van der Waals surface area contributed by atoms with Gasteiger partial charge in [0.2, 0.25) is 0 Å². The number of methoxy groups -OCH3 is 2. The Morgan fingerprint density at radius 2 is 0.852 bits per heavy atom. The van der Waals surface area contributed by atoms with E-state index >= 15 is 0 Å². The van der Waals surface area contributed by atoms with Gasteiger partial charge in [-0.25, -0.2) is 0 Å². The average molecular weight is 815 g/mol. The number of hydrogen-bond donors (Lipinski definition) is 0. The lowest BCUT2D eigenvalue weighted by molar-refractivity contribution is -0.147. The Bertz CT molecular complexity index is 1570. The van der Waals surface area contributed by atoms with Crippen LogP contribution in [0.25, 0.3) is 0 Å². The van der Waals surface area contributed by atoms with Crippen molar-refractivity contribution in [1.29, 1.82) is 0 Å². The van der Waals surface area contributed by atoms with Crippen LogP contribution < -0.4 is 5.46 Å². The van der Waals surface area contributed by atoms with E-state index in [1.54, 1.807) is 0 Å². The highest BCUT2D eigenvalue weighted by atomic mass is 79.9. The molecule has 3 fully saturated rings. The Hall–Kier alpha value is -2.19. The minimum atomic E-state index is -0.714. The fraction of sp³-hybridized carbons (Fsp3) is 0.650. The molecule has 0 radical (unpaired) electrons. The molecule has 0 aliphatic carbocycles. The lowest BCUT2D eigenvalue weighted by atomic mass is 9.49. The number of carbonyl (C=O) groups excluding carboxylic acids is 2. The van der Waals surface area contributed by atoms with Crippen molar-refractivity contribution in [3.63, 3.8) is 0 Å². The molecule has 14 heteroatoms. The lowest BCUT2D eigenvalue weighted by Crippen LogP contribution is -2.41. The van der Waals surface area contributed by atoms with Gasteiger partial charge in [0, 0.05) is 4.47 Å². The van der Waals surface area contributed by atoms with Gasteiger partial charge in [-0.15, -0.1) is 0 Å². The minimum Gasteiger partial charge on any atom is -0.468 e. The Kier molecular flexibility index (Phi) is 13.7. The molecule has 298 valence electrons. The van der Waals surface area contributed by atoms with Crippen LogP contribution in [0.5, 0.6) is 0 Å². The quantitative estimate of drug-likeness (QED) is 0.214. The maximum atomic E-state index is 12.0. The summed E-state index contributed by atoms with van der Waals surface area (Å²) in [6.07, 6.45) is 0. The van der Waals surface area contributed by atoms with Crippen molar-refractivity contribution in [2.45, 2.75) is 155 Å². The van der Waals surface area contributed by atoms with E-state index in [0.29, 0.717) is 0 Å². The van der Waals surface area contributed by atoms with Gasteiger partial charge >= 0.3 is 33.1 Å². The standard InChI is InChI=1S/C17H25BO4.C12H24B2O4.C11H13BrO2/c1-15(2,14(19)20-7)12-9-8-10-13(11-12)18-21-16(3,4)17(5,6)22-18;1-9(2)10(3,4)16-13(15-9)14-17-11(5,6)12(7,8)18-14;1-11(2,10(13)14-3)8-5-4-6-9(12)7-8/h8-11H,1-7H3;1-8H3;4-7H,1-3H3. The molecule has 0 N–H and O–H groups in total. The smallest absolute Gasteiger partial charge is 0.468 e. The summed E-state index contributed by atoms with van der Waals surface area (Å²) in [5.74, 6) is -0.492. The SMILES string of the molecule is CC1(C)OB(B2OC(C)(C)C(C)(C)O2)OC1(C)C.COC(=O)C(C)(C)c1cccc(B2OC(C)(C)C(C)(C)O2)c1.COC(=O)C(C)(C)c1cccc(Br)c1. The molecule has 3 heterocycles. The Labute approximate surface area is 333 Å². The number of carbonyl (C=O) groups is 2. The first-order valence-electron chi connectivity index (χ1n) is 18.5. The molecule has 3 aliphatic heterocycles. The first-order valence-corrected chi connectivity index (χ1v) is 19.3. The summed E-state index contributed by atoms with van der Waals surface area (Å²) < 4.78 is 46.6. The van der Waals surface area contributed by atoms with Crippen molar-refractivity contribution >= 4 is 54.5 Å². The molecule has 0 amide bonds. The maximum absolute atomic E-state index is 12.0. The van der Waals surface area contributed by atoms with Crippen LogP contribution in [0.4, 0.5) is 0 Å². The molecule has 2 aromatic rings. The van der Waals surface area contributed by atoms with E-state index < -0.39 is 32.0 Å². The maximum Gasteiger partial charge on any atom is 0.494 e. The molecule has 0 atom stereocenters. The monoisotopic (exact) mass is 814 g/mol. The van der Waals surface area contributed by atoms with Gasteiger partial charge in [-0.3, -0.25) is 9.59 Å². The minimum absolute atomic E-state index is 0.226. The Balaban J connectivity index is 0.000000224. The second-order valence-electron chi connectivity index (χ2n) is 18.2. The molecule has 0 spiro atoms. The van der Waals surface area contributed by atoms with E-state index in [9.17, 15) is 9.59 Å². The fourth-order valence-corrected chi connectivity index (χ4v) is 6.08. The van der Waals surface area contributed by atoms with E-state index in [4.69, 9.17) is 37.4 Å². The van der Waals surface area contributed by atoms with Crippen LogP contribution in [0.2, 0.25) is 0 Å². The zero-order valence-electron chi connectivity index (χ0n) is 35.8. The van der Waals surface area contributed by atoms with Crippen LogP contribution in [-0.2, 0) is 57.8 Å². The van der Waals surface area contributed by atoms with Crippen LogP contribution in [0.3, 0.4) is 0 Å². The van der Waals surface area contributed by atoms with Gasteiger partial charge in [-0.2, -0.15) is 0 Å². The van der Waals surface area contributed by atoms with Gasteiger partial charge in [-0.05, 0) is 140 Å². The molecule has 54 heavy (non-hydrogen) atoms. The second kappa shape index (κ2) is 16.0. The molecular weight excluding hydrogens is 753 g/mol. The van der Waals surface area contributed by atoms with Crippen LogP contribution in [0.1, 0.15) is 122 Å². The van der Waals surface area contributed by atoms with E-state index in [-0.39, 0.29) is 45.5 Å². The molecule has 3 aliphatic rings. The van der Waals surface area contributed by atoms with E-state index in [1.165, 1.54) is 14.2 Å². The van der Waals surface area contributed by atoms with E-state index in [1.807, 2.05) is 159 Å². The molecule has 10 nitrogen and oxygen atoms in total. The summed E-state index contributed by atoms with van der Waals surface area (Å²) in [6.45, 7) is 31.7. The molecule has 0 aromatic heterocycles. The Morgan fingerprint density at radius 1 is 0.537 bits per heavy atom. The van der Waals surface area contributed by atoms with Gasteiger partial charge in [-0.1, -0.05) is 52.3 Å². The van der Waals surface area contributed by atoms with Crippen LogP contribution in [0, 0.1) is 0 Å². The highest BCUT2D eigenvalue weighted by Gasteiger charge is 2.63. The van der Waals surface area contributed by atoms with Crippen molar-refractivity contribution in [3.8, 4) is 0 Å². The summed E-state index contributed by atoms with van der Waals surface area (Å²) in [6, 6.07) is 15.4. The van der Waals surface area contributed by atoms with E-state index in [2.05, 4.69) is 15.9 Å². The molecule has 3 saturated heterocycles. The predicted octanol–water partition coefficient (Wildman–Crippen LogP) is 7.59. The normalized spacial score (nSPS) is 21.7.